The van der Waals surface area contributed by atoms with Crippen molar-refractivity contribution in [3.05, 3.63) is 38.3 Å². The van der Waals surface area contributed by atoms with E-state index in [1.165, 1.54) is 11.6 Å². The normalized spacial score (nSPS) is 11.5. The van der Waals surface area contributed by atoms with Gasteiger partial charge >= 0.3 is 5.69 Å². The van der Waals surface area contributed by atoms with Gasteiger partial charge in [-0.3, -0.25) is 13.9 Å². The number of fused-ring (bicyclic) bond motifs is 1. The summed E-state index contributed by atoms with van der Waals surface area (Å²) >= 11 is 0. The van der Waals surface area contributed by atoms with Gasteiger partial charge in [-0.25, -0.2) is 9.48 Å². The van der Waals surface area contributed by atoms with Gasteiger partial charge in [-0.2, -0.15) is 10.1 Å². The Morgan fingerprint density at radius 2 is 1.70 bits per heavy atom. The molecule has 0 N–H and O–H groups in total. The first kappa shape index (κ1) is 15.3. The first-order valence-electron chi connectivity index (χ1n) is 7.61. The molecule has 23 heavy (non-hydrogen) atoms. The van der Waals surface area contributed by atoms with Crippen molar-refractivity contribution in [2.75, 3.05) is 0 Å². The van der Waals surface area contributed by atoms with Crippen LogP contribution >= 0.6 is 0 Å². The Morgan fingerprint density at radius 1 is 1.00 bits per heavy atom. The maximum absolute atomic E-state index is 12.4. The molecule has 0 aromatic carbocycles. The number of hydrogen-bond acceptors (Lipinski definition) is 4. The lowest BCUT2D eigenvalue weighted by atomic mass is 10.3. The van der Waals surface area contributed by atoms with Crippen molar-refractivity contribution in [3.63, 3.8) is 0 Å². The van der Waals surface area contributed by atoms with Crippen LogP contribution in [-0.4, -0.2) is 28.5 Å². The molecular formula is C15H20N6O2. The first-order valence-corrected chi connectivity index (χ1v) is 7.61. The smallest absolute Gasteiger partial charge is 0.306 e. The van der Waals surface area contributed by atoms with Crippen molar-refractivity contribution in [1.82, 2.24) is 28.5 Å². The monoisotopic (exact) mass is 316 g/mol. The van der Waals surface area contributed by atoms with Crippen LogP contribution < -0.4 is 11.2 Å². The summed E-state index contributed by atoms with van der Waals surface area (Å²) in [7, 11) is 4.85. The Balaban J connectivity index is 2.41. The van der Waals surface area contributed by atoms with Gasteiger partial charge in [-0.1, -0.05) is 13.8 Å². The van der Waals surface area contributed by atoms with Gasteiger partial charge in [0, 0.05) is 26.8 Å². The van der Waals surface area contributed by atoms with Crippen LogP contribution in [0.3, 0.4) is 0 Å². The zero-order chi connectivity index (χ0) is 16.9. The first-order chi connectivity index (χ1) is 10.9. The van der Waals surface area contributed by atoms with E-state index in [1.807, 2.05) is 19.9 Å². The van der Waals surface area contributed by atoms with E-state index in [-0.39, 0.29) is 5.56 Å². The molecule has 0 saturated heterocycles. The zero-order valence-corrected chi connectivity index (χ0v) is 14.0. The minimum Gasteiger partial charge on any atom is -0.306 e. The second-order valence-corrected chi connectivity index (χ2v) is 5.59. The highest BCUT2D eigenvalue weighted by molar-refractivity contribution is 5.72. The fourth-order valence-electron chi connectivity index (χ4n) is 2.77. The molecule has 0 amide bonds. The summed E-state index contributed by atoms with van der Waals surface area (Å²) in [6.07, 6.45) is 1.62. The molecule has 0 aliphatic rings. The molecule has 0 radical (unpaired) electrons. The Bertz CT molecular complexity index is 1020. The van der Waals surface area contributed by atoms with E-state index in [1.54, 1.807) is 23.3 Å². The lowest BCUT2D eigenvalue weighted by Gasteiger charge is -2.05. The Kier molecular flexibility index (Phi) is 3.46. The largest absolute Gasteiger partial charge is 0.332 e. The Hall–Kier alpha value is -2.64. The number of hydrogen-bond donors (Lipinski definition) is 0. The van der Waals surface area contributed by atoms with Crippen molar-refractivity contribution >= 4 is 11.2 Å². The molecule has 0 aliphatic carbocycles. The van der Waals surface area contributed by atoms with E-state index in [4.69, 9.17) is 0 Å². The minimum atomic E-state index is -0.391. The summed E-state index contributed by atoms with van der Waals surface area (Å²) in [5, 5.41) is 4.57. The van der Waals surface area contributed by atoms with Gasteiger partial charge in [0.1, 0.15) is 0 Å². The quantitative estimate of drug-likeness (QED) is 0.695. The molecule has 3 heterocycles. The van der Waals surface area contributed by atoms with Crippen molar-refractivity contribution in [2.45, 2.75) is 26.7 Å². The van der Waals surface area contributed by atoms with Crippen molar-refractivity contribution in [3.8, 4) is 5.95 Å². The third kappa shape index (κ3) is 2.05. The zero-order valence-electron chi connectivity index (χ0n) is 14.0. The van der Waals surface area contributed by atoms with Gasteiger partial charge in [-0.15, -0.1) is 0 Å². The second-order valence-electron chi connectivity index (χ2n) is 5.59. The fraction of sp³-hybridized carbons (Fsp3) is 0.467. The molecule has 0 bridgehead atoms. The highest BCUT2D eigenvalue weighted by Gasteiger charge is 2.20. The molecule has 8 nitrogen and oxygen atoms in total. The summed E-state index contributed by atoms with van der Waals surface area (Å²) < 4.78 is 5.93. The van der Waals surface area contributed by atoms with Gasteiger partial charge in [0.15, 0.2) is 11.2 Å². The minimum absolute atomic E-state index is 0.356. The number of rotatable bonds is 3. The molecule has 8 heteroatoms. The summed E-state index contributed by atoms with van der Waals surface area (Å²) in [4.78, 5) is 29.0. The Morgan fingerprint density at radius 3 is 2.30 bits per heavy atom. The standard InChI is InChI=1S/C15H20N6O2/c1-6-9-8-10(7-2)21(17-9)14-16-12-11(18(14)3)13(22)20(5)15(23)19(12)4/h8H,6-7H2,1-5H3. The van der Waals surface area contributed by atoms with Crippen molar-refractivity contribution in [2.24, 2.45) is 21.1 Å². The van der Waals surface area contributed by atoms with Crippen LogP contribution in [0.5, 0.6) is 0 Å². The lowest BCUT2D eigenvalue weighted by Crippen LogP contribution is -2.37. The molecule has 0 saturated carbocycles. The molecule has 0 unspecified atom stereocenters. The van der Waals surface area contributed by atoms with Gasteiger partial charge in [-0.05, 0) is 18.9 Å². The van der Waals surface area contributed by atoms with E-state index in [0.717, 1.165) is 28.8 Å². The summed E-state index contributed by atoms with van der Waals surface area (Å²) in [5.41, 5.74) is 1.99. The molecule has 0 atom stereocenters. The van der Waals surface area contributed by atoms with Crippen LogP contribution in [0, 0.1) is 0 Å². The molecular weight excluding hydrogens is 296 g/mol. The summed E-state index contributed by atoms with van der Waals surface area (Å²) in [6, 6.07) is 2.04. The van der Waals surface area contributed by atoms with E-state index in [9.17, 15) is 9.59 Å². The van der Waals surface area contributed by atoms with Gasteiger partial charge in [0.2, 0.25) is 5.95 Å². The average Bonchev–Trinajstić information content (AvgIpc) is 3.11. The van der Waals surface area contributed by atoms with Crippen LogP contribution in [0.2, 0.25) is 0 Å². The summed E-state index contributed by atoms with van der Waals surface area (Å²) in [6.45, 7) is 4.09. The molecule has 0 spiro atoms. The third-order valence-corrected chi connectivity index (χ3v) is 4.20. The fourth-order valence-corrected chi connectivity index (χ4v) is 2.77. The maximum Gasteiger partial charge on any atom is 0.332 e. The topological polar surface area (TPSA) is 79.6 Å². The number of nitrogens with zero attached hydrogens (tertiary/aromatic N) is 6. The molecule has 0 fully saturated rings. The van der Waals surface area contributed by atoms with Gasteiger partial charge < -0.3 is 4.57 Å². The molecule has 122 valence electrons. The van der Waals surface area contributed by atoms with Crippen LogP contribution in [0.25, 0.3) is 17.1 Å². The van der Waals surface area contributed by atoms with Gasteiger partial charge in [0.05, 0.1) is 5.69 Å². The van der Waals surface area contributed by atoms with E-state index >= 15 is 0 Å². The highest BCUT2D eigenvalue weighted by atomic mass is 16.2. The molecule has 0 aliphatic heterocycles. The maximum atomic E-state index is 12.4. The predicted octanol–water partition coefficient (Wildman–Crippen LogP) is 0.281. The van der Waals surface area contributed by atoms with Crippen LogP contribution in [0.15, 0.2) is 15.7 Å². The van der Waals surface area contributed by atoms with E-state index < -0.39 is 5.69 Å². The van der Waals surface area contributed by atoms with Crippen molar-refractivity contribution < 1.29 is 0 Å². The average molecular weight is 316 g/mol. The van der Waals surface area contributed by atoms with E-state index in [2.05, 4.69) is 10.1 Å². The van der Waals surface area contributed by atoms with Gasteiger partial charge in [0.25, 0.3) is 5.56 Å². The van der Waals surface area contributed by atoms with Crippen molar-refractivity contribution in [1.29, 1.82) is 0 Å². The lowest BCUT2D eigenvalue weighted by molar-refractivity contribution is 0.703. The molecule has 3 aromatic rings. The number of aryl methyl sites for hydroxylation is 4. The number of imidazole rings is 1. The van der Waals surface area contributed by atoms with Crippen LogP contribution in [0.1, 0.15) is 25.2 Å². The molecule has 3 rings (SSSR count). The molecule has 3 aromatic heterocycles. The predicted molar refractivity (Wildman–Crippen MR) is 87.1 cm³/mol. The van der Waals surface area contributed by atoms with Crippen LogP contribution in [0.4, 0.5) is 0 Å². The Labute approximate surface area is 132 Å². The summed E-state index contributed by atoms with van der Waals surface area (Å²) in [5.74, 6) is 0.537. The SMILES string of the molecule is CCc1cc(CC)n(-c2nc3c(c(=O)n(C)c(=O)n3C)n2C)n1. The highest BCUT2D eigenvalue weighted by Crippen LogP contribution is 2.16. The number of aromatic nitrogens is 6. The van der Waals surface area contributed by atoms with E-state index in [0.29, 0.717) is 17.1 Å². The third-order valence-electron chi connectivity index (χ3n) is 4.20. The second kappa shape index (κ2) is 5.22. The van der Waals surface area contributed by atoms with Crippen LogP contribution in [-0.2, 0) is 34.0 Å².